The fourth-order valence-electron chi connectivity index (χ4n) is 1.44. The maximum Gasteiger partial charge on any atom is 0.239 e. The van der Waals surface area contributed by atoms with Gasteiger partial charge in [-0.1, -0.05) is 59.7 Å². The summed E-state index contributed by atoms with van der Waals surface area (Å²) in [6, 6.07) is 18.3. The summed E-state index contributed by atoms with van der Waals surface area (Å²) in [7, 11) is 0. The van der Waals surface area contributed by atoms with Crippen LogP contribution in [0.3, 0.4) is 0 Å². The maximum atomic E-state index is 6.64. The molecule has 0 aliphatic rings. The molecule has 2 aromatic rings. The minimum absolute atomic E-state index is 0.502. The summed E-state index contributed by atoms with van der Waals surface area (Å²) in [6.07, 6.45) is 0. The Labute approximate surface area is 104 Å². The van der Waals surface area contributed by atoms with Crippen LogP contribution in [0.4, 0.5) is 0 Å². The zero-order chi connectivity index (χ0) is 12.5. The predicted molar refractivity (Wildman–Crippen MR) is 72.7 cm³/mol. The topological polar surface area (TPSA) is 4.36 Å². The van der Waals surface area contributed by atoms with Crippen molar-refractivity contribution >= 4 is 0 Å². The van der Waals surface area contributed by atoms with Crippen LogP contribution in [0.5, 0.6) is 0 Å². The summed E-state index contributed by atoms with van der Waals surface area (Å²) >= 11 is 0. The number of aryl methyl sites for hydroxylation is 2. The van der Waals surface area contributed by atoms with E-state index in [-0.39, 0.29) is 0 Å². The highest BCUT2D eigenvalue weighted by atomic mass is 14.6. The van der Waals surface area contributed by atoms with Crippen molar-refractivity contribution in [3.63, 3.8) is 0 Å². The van der Waals surface area contributed by atoms with Gasteiger partial charge in [0.25, 0.3) is 0 Å². The second kappa shape index (κ2) is 7.24. The van der Waals surface area contributed by atoms with Crippen molar-refractivity contribution < 1.29 is 0 Å². The first kappa shape index (κ1) is 13.0. The second-order valence-corrected chi connectivity index (χ2v) is 3.96. The smallest absolute Gasteiger partial charge is 0.239 e. The molecule has 0 heterocycles. The second-order valence-electron chi connectivity index (χ2n) is 3.96. The van der Waals surface area contributed by atoms with Crippen LogP contribution < -0.4 is 0 Å². The molecule has 17 heavy (non-hydrogen) atoms. The van der Waals surface area contributed by atoms with Crippen LogP contribution >= 0.6 is 0 Å². The maximum absolute atomic E-state index is 6.64. The van der Waals surface area contributed by atoms with Crippen molar-refractivity contribution in [1.29, 1.82) is 0 Å². The molecule has 0 spiro atoms. The first-order chi connectivity index (χ1) is 8.22. The fraction of sp³-hybridized carbons (Fsp3) is 0.188. The van der Waals surface area contributed by atoms with Crippen LogP contribution in [0.25, 0.3) is 4.85 Å². The number of hydrogen-bond donors (Lipinski definition) is 0. The Morgan fingerprint density at radius 3 is 2.00 bits per heavy atom. The summed E-state index contributed by atoms with van der Waals surface area (Å²) < 4.78 is 0. The van der Waals surface area contributed by atoms with Gasteiger partial charge in [-0.2, -0.15) is 0 Å². The lowest BCUT2D eigenvalue weighted by atomic mass is 10.1. The molecule has 0 atom stereocenters. The molecule has 2 rings (SSSR count). The van der Waals surface area contributed by atoms with Gasteiger partial charge in [-0.15, -0.1) is 0 Å². The third-order valence-corrected chi connectivity index (χ3v) is 2.28. The van der Waals surface area contributed by atoms with Gasteiger partial charge in [-0.3, -0.25) is 0 Å². The number of benzene rings is 2. The van der Waals surface area contributed by atoms with Gasteiger partial charge in [-0.25, -0.2) is 6.57 Å². The molecule has 0 aliphatic carbocycles. The Balaban J connectivity index is 0.000000181. The number of nitrogens with zero attached hydrogens (tertiary/aromatic N) is 1. The lowest BCUT2D eigenvalue weighted by molar-refractivity contribution is 1.24. The van der Waals surface area contributed by atoms with E-state index in [2.05, 4.69) is 23.9 Å². The number of rotatable bonds is 1. The average Bonchev–Trinajstić information content (AvgIpc) is 2.31. The van der Waals surface area contributed by atoms with E-state index in [4.69, 9.17) is 6.57 Å². The quantitative estimate of drug-likeness (QED) is 0.631. The lowest BCUT2D eigenvalue weighted by Crippen LogP contribution is -1.78. The molecular weight excluding hydrogens is 206 g/mol. The van der Waals surface area contributed by atoms with Gasteiger partial charge in [0.1, 0.15) is 0 Å². The zero-order valence-corrected chi connectivity index (χ0v) is 10.4. The standard InChI is InChI=1S/C9H9N.C7H8/c1-8-4-3-5-9(6-8)7-10-2;1-7-5-3-2-4-6-7/h3-6H,7H2,1H3;2-6H,1H3. The summed E-state index contributed by atoms with van der Waals surface area (Å²) in [4.78, 5) is 3.30. The van der Waals surface area contributed by atoms with E-state index in [0.29, 0.717) is 6.54 Å². The van der Waals surface area contributed by atoms with Crippen molar-refractivity contribution in [3.8, 4) is 0 Å². The van der Waals surface area contributed by atoms with E-state index in [9.17, 15) is 0 Å². The fourth-order valence-corrected chi connectivity index (χ4v) is 1.44. The first-order valence-electron chi connectivity index (χ1n) is 5.63. The molecule has 0 saturated carbocycles. The van der Waals surface area contributed by atoms with Crippen molar-refractivity contribution in [3.05, 3.63) is 82.7 Å². The van der Waals surface area contributed by atoms with Gasteiger partial charge in [0.2, 0.25) is 6.54 Å². The molecule has 0 amide bonds. The average molecular weight is 223 g/mol. The third kappa shape index (κ3) is 5.53. The van der Waals surface area contributed by atoms with Crippen LogP contribution in [0.2, 0.25) is 0 Å². The summed E-state index contributed by atoms with van der Waals surface area (Å²) in [5, 5.41) is 0. The van der Waals surface area contributed by atoms with E-state index < -0.39 is 0 Å². The Bertz CT molecular complexity index is 480. The zero-order valence-electron chi connectivity index (χ0n) is 10.4. The van der Waals surface area contributed by atoms with Crippen LogP contribution in [0.15, 0.2) is 54.6 Å². The van der Waals surface area contributed by atoms with E-state index in [1.807, 2.05) is 49.4 Å². The molecule has 0 bridgehead atoms. The van der Waals surface area contributed by atoms with Crippen molar-refractivity contribution in [2.24, 2.45) is 0 Å². The highest BCUT2D eigenvalue weighted by molar-refractivity contribution is 5.22. The van der Waals surface area contributed by atoms with Crippen molar-refractivity contribution in [1.82, 2.24) is 0 Å². The van der Waals surface area contributed by atoms with Crippen molar-refractivity contribution in [2.45, 2.75) is 20.4 Å². The van der Waals surface area contributed by atoms with Gasteiger partial charge in [0.05, 0.1) is 0 Å². The monoisotopic (exact) mass is 223 g/mol. The van der Waals surface area contributed by atoms with Gasteiger partial charge < -0.3 is 4.85 Å². The van der Waals surface area contributed by atoms with E-state index in [1.54, 1.807) is 0 Å². The molecule has 2 aromatic carbocycles. The largest absolute Gasteiger partial charge is 0.312 e. The minimum atomic E-state index is 0.502. The molecule has 0 fully saturated rings. The molecule has 86 valence electrons. The molecule has 1 nitrogen and oxygen atoms in total. The molecule has 0 saturated heterocycles. The Morgan fingerprint density at radius 2 is 1.53 bits per heavy atom. The Kier molecular flexibility index (Phi) is 5.54. The molecule has 0 N–H and O–H groups in total. The van der Waals surface area contributed by atoms with Crippen LogP contribution in [0, 0.1) is 20.4 Å². The SMILES string of the molecule is Cc1ccccc1.[C-]#[N+]Cc1cccc(C)c1. The molecular formula is C16H17N. The Hall–Kier alpha value is -2.07. The molecule has 1 heteroatoms. The van der Waals surface area contributed by atoms with E-state index >= 15 is 0 Å². The molecule has 0 unspecified atom stereocenters. The molecule has 0 aliphatic heterocycles. The van der Waals surface area contributed by atoms with Gasteiger partial charge in [0, 0.05) is 5.56 Å². The first-order valence-corrected chi connectivity index (χ1v) is 5.63. The summed E-state index contributed by atoms with van der Waals surface area (Å²) in [5.41, 5.74) is 3.65. The van der Waals surface area contributed by atoms with Crippen LogP contribution in [0.1, 0.15) is 16.7 Å². The van der Waals surface area contributed by atoms with Gasteiger partial charge >= 0.3 is 0 Å². The molecule has 0 radical (unpaired) electrons. The van der Waals surface area contributed by atoms with Gasteiger partial charge in [0.15, 0.2) is 0 Å². The summed E-state index contributed by atoms with van der Waals surface area (Å²) in [5.74, 6) is 0. The molecule has 0 aromatic heterocycles. The normalized spacial score (nSPS) is 8.76. The van der Waals surface area contributed by atoms with Crippen LogP contribution in [-0.2, 0) is 6.54 Å². The lowest BCUT2D eigenvalue weighted by Gasteiger charge is -1.92. The minimum Gasteiger partial charge on any atom is -0.312 e. The van der Waals surface area contributed by atoms with Gasteiger partial charge in [-0.05, 0) is 19.9 Å². The van der Waals surface area contributed by atoms with Crippen LogP contribution in [-0.4, -0.2) is 0 Å². The Morgan fingerprint density at radius 1 is 0.882 bits per heavy atom. The van der Waals surface area contributed by atoms with E-state index in [0.717, 1.165) is 5.56 Å². The van der Waals surface area contributed by atoms with E-state index in [1.165, 1.54) is 11.1 Å². The third-order valence-electron chi connectivity index (χ3n) is 2.28. The number of hydrogen-bond acceptors (Lipinski definition) is 0. The highest BCUT2D eigenvalue weighted by Gasteiger charge is 1.92. The summed E-state index contributed by atoms with van der Waals surface area (Å²) in [6.45, 7) is 11.3. The highest BCUT2D eigenvalue weighted by Crippen LogP contribution is 2.04. The van der Waals surface area contributed by atoms with Crippen molar-refractivity contribution in [2.75, 3.05) is 0 Å². The predicted octanol–water partition coefficient (Wildman–Crippen LogP) is 4.41.